The predicted octanol–water partition coefficient (Wildman–Crippen LogP) is 5.60. The molecule has 1 fully saturated rings. The fourth-order valence-corrected chi connectivity index (χ4v) is 4.47. The molecule has 5 atom stereocenters. The third kappa shape index (κ3) is 4.51. The number of hydrogen-bond acceptors (Lipinski definition) is 4. The van der Waals surface area contributed by atoms with Gasteiger partial charge in [0.15, 0.2) is 0 Å². The normalized spacial score (nSPS) is 30.3. The SMILES string of the molecule is C=CC[C@@H](C)[C@@]1(O)C[C@H](C(=C)C)C[C@H](OCc2ccc([N+](=O)[O-])cc2)[C@]1(C)C=C. The van der Waals surface area contributed by atoms with Crippen LogP contribution < -0.4 is 0 Å². The summed E-state index contributed by atoms with van der Waals surface area (Å²) in [5, 5.41) is 22.7. The van der Waals surface area contributed by atoms with Crippen LogP contribution in [0.1, 0.15) is 45.6 Å². The topological polar surface area (TPSA) is 72.6 Å². The maximum Gasteiger partial charge on any atom is 0.269 e. The molecule has 2 rings (SSSR count). The molecule has 0 radical (unpaired) electrons. The van der Waals surface area contributed by atoms with E-state index in [2.05, 4.69) is 19.7 Å². The molecule has 5 nitrogen and oxygen atoms in total. The first-order valence-corrected chi connectivity index (χ1v) is 10.1. The summed E-state index contributed by atoms with van der Waals surface area (Å²) in [7, 11) is 0. The molecule has 5 heteroatoms. The van der Waals surface area contributed by atoms with Gasteiger partial charge in [0.1, 0.15) is 0 Å². The zero-order chi connectivity index (χ0) is 21.8. The van der Waals surface area contributed by atoms with E-state index in [4.69, 9.17) is 4.74 Å². The summed E-state index contributed by atoms with van der Waals surface area (Å²) < 4.78 is 6.31. The summed E-state index contributed by atoms with van der Waals surface area (Å²) in [6.45, 7) is 18.3. The van der Waals surface area contributed by atoms with Gasteiger partial charge in [-0.15, -0.1) is 13.2 Å². The molecular weight excluding hydrogens is 366 g/mol. The molecule has 1 aliphatic rings. The van der Waals surface area contributed by atoms with Gasteiger partial charge >= 0.3 is 0 Å². The molecule has 1 N–H and O–H groups in total. The van der Waals surface area contributed by atoms with Crippen molar-refractivity contribution in [2.45, 2.75) is 58.3 Å². The van der Waals surface area contributed by atoms with E-state index in [1.54, 1.807) is 12.1 Å². The fraction of sp³-hybridized carbons (Fsp3) is 0.500. The van der Waals surface area contributed by atoms with Gasteiger partial charge in [-0.2, -0.15) is 0 Å². The third-order valence-corrected chi connectivity index (χ3v) is 6.71. The second-order valence-corrected chi connectivity index (χ2v) is 8.54. The highest BCUT2D eigenvalue weighted by Crippen LogP contribution is 2.54. The number of benzene rings is 1. The number of rotatable bonds is 9. The maximum absolute atomic E-state index is 11.9. The van der Waals surface area contributed by atoms with E-state index in [0.717, 1.165) is 17.6 Å². The zero-order valence-electron chi connectivity index (χ0n) is 17.8. The first-order chi connectivity index (χ1) is 13.6. The Bertz CT molecular complexity index is 772. The zero-order valence-corrected chi connectivity index (χ0v) is 17.8. The molecule has 0 aliphatic heterocycles. The number of allylic oxidation sites excluding steroid dienone is 2. The van der Waals surface area contributed by atoms with Crippen molar-refractivity contribution < 1.29 is 14.8 Å². The van der Waals surface area contributed by atoms with Crippen LogP contribution in [-0.2, 0) is 11.3 Å². The van der Waals surface area contributed by atoms with Crippen molar-refractivity contribution in [3.8, 4) is 0 Å². The van der Waals surface area contributed by atoms with Crippen LogP contribution in [0.3, 0.4) is 0 Å². The van der Waals surface area contributed by atoms with Crippen molar-refractivity contribution in [2.24, 2.45) is 17.3 Å². The van der Waals surface area contributed by atoms with Gasteiger partial charge in [0, 0.05) is 17.5 Å². The van der Waals surface area contributed by atoms with Gasteiger partial charge in [-0.3, -0.25) is 10.1 Å². The molecule has 0 heterocycles. The van der Waals surface area contributed by atoms with Crippen molar-refractivity contribution in [3.05, 3.63) is 77.4 Å². The minimum Gasteiger partial charge on any atom is -0.389 e. The molecule has 29 heavy (non-hydrogen) atoms. The average Bonchev–Trinajstić information content (AvgIpc) is 2.69. The van der Waals surface area contributed by atoms with Gasteiger partial charge in [0.25, 0.3) is 5.69 Å². The highest BCUT2D eigenvalue weighted by molar-refractivity contribution is 5.32. The van der Waals surface area contributed by atoms with Gasteiger partial charge < -0.3 is 9.84 Å². The van der Waals surface area contributed by atoms with Crippen LogP contribution in [0, 0.1) is 27.4 Å². The molecule has 0 unspecified atom stereocenters. The summed E-state index contributed by atoms with van der Waals surface area (Å²) in [6.07, 6.45) is 5.44. The van der Waals surface area contributed by atoms with Crippen molar-refractivity contribution in [1.82, 2.24) is 0 Å². The second-order valence-electron chi connectivity index (χ2n) is 8.54. The van der Waals surface area contributed by atoms with Crippen LogP contribution >= 0.6 is 0 Å². The molecule has 0 bridgehead atoms. The van der Waals surface area contributed by atoms with E-state index in [1.807, 2.05) is 32.9 Å². The number of aliphatic hydroxyl groups is 1. The number of nitro groups is 1. The second kappa shape index (κ2) is 9.06. The quantitative estimate of drug-likeness (QED) is 0.333. The van der Waals surface area contributed by atoms with Gasteiger partial charge in [-0.1, -0.05) is 38.2 Å². The Labute approximate surface area is 173 Å². The standard InChI is InChI=1S/C24H33NO4/c1-7-9-18(5)24(26)15-20(17(3)4)14-22(23(24,6)8-2)29-16-19-10-12-21(13-11-19)25(27)28/h7-8,10-13,18,20,22,26H,1-3,9,14-16H2,4-6H3/t18-,20-,22+,23+,24+/m1/s1. The Hall–Kier alpha value is -2.24. The molecule has 1 saturated carbocycles. The van der Waals surface area contributed by atoms with Crippen LogP contribution in [0.5, 0.6) is 0 Å². The molecule has 158 valence electrons. The Morgan fingerprint density at radius 2 is 2.03 bits per heavy atom. The summed E-state index contributed by atoms with van der Waals surface area (Å²) in [6, 6.07) is 6.36. The Morgan fingerprint density at radius 3 is 2.52 bits per heavy atom. The lowest BCUT2D eigenvalue weighted by Crippen LogP contribution is -2.61. The first-order valence-electron chi connectivity index (χ1n) is 10.1. The van der Waals surface area contributed by atoms with Crippen LogP contribution in [-0.4, -0.2) is 21.7 Å². The summed E-state index contributed by atoms with van der Waals surface area (Å²) in [4.78, 5) is 10.4. The smallest absolute Gasteiger partial charge is 0.269 e. The number of ether oxygens (including phenoxy) is 1. The molecule has 0 spiro atoms. The van der Waals surface area contributed by atoms with Crippen LogP contribution in [0.2, 0.25) is 0 Å². The summed E-state index contributed by atoms with van der Waals surface area (Å²) in [5.74, 6) is 0.123. The van der Waals surface area contributed by atoms with Gasteiger partial charge in [0.05, 0.1) is 23.2 Å². The highest BCUT2D eigenvalue weighted by atomic mass is 16.6. The van der Waals surface area contributed by atoms with Crippen molar-refractivity contribution in [2.75, 3.05) is 0 Å². The Balaban J connectivity index is 2.31. The first kappa shape index (κ1) is 23.0. The lowest BCUT2D eigenvalue weighted by Gasteiger charge is -2.56. The molecule has 1 aromatic carbocycles. The largest absolute Gasteiger partial charge is 0.389 e. The van der Waals surface area contributed by atoms with Crippen LogP contribution in [0.15, 0.2) is 61.7 Å². The van der Waals surface area contributed by atoms with Crippen LogP contribution in [0.25, 0.3) is 0 Å². The van der Waals surface area contributed by atoms with E-state index >= 15 is 0 Å². The minimum absolute atomic E-state index is 0.0179. The average molecular weight is 400 g/mol. The van der Waals surface area contributed by atoms with Gasteiger partial charge in [-0.25, -0.2) is 0 Å². The van der Waals surface area contributed by atoms with Gasteiger partial charge in [-0.05, 0) is 55.7 Å². The van der Waals surface area contributed by atoms with Gasteiger partial charge in [0.2, 0.25) is 0 Å². The van der Waals surface area contributed by atoms with Crippen molar-refractivity contribution >= 4 is 5.69 Å². The number of non-ortho nitro benzene ring substituents is 1. The Kier molecular flexibility index (Phi) is 7.20. The van der Waals surface area contributed by atoms with Crippen LogP contribution in [0.4, 0.5) is 5.69 Å². The number of hydrogen-bond donors (Lipinski definition) is 1. The lowest BCUT2D eigenvalue weighted by atomic mass is 9.54. The Morgan fingerprint density at radius 1 is 1.41 bits per heavy atom. The van der Waals surface area contributed by atoms with E-state index in [9.17, 15) is 15.2 Å². The fourth-order valence-electron chi connectivity index (χ4n) is 4.47. The molecule has 0 amide bonds. The molecule has 1 aliphatic carbocycles. The molecule has 1 aromatic rings. The van der Waals surface area contributed by atoms with Crippen molar-refractivity contribution in [3.63, 3.8) is 0 Å². The van der Waals surface area contributed by atoms with Crippen molar-refractivity contribution in [1.29, 1.82) is 0 Å². The van der Waals surface area contributed by atoms with E-state index in [1.165, 1.54) is 12.1 Å². The predicted molar refractivity (Wildman–Crippen MR) is 116 cm³/mol. The number of nitrogens with zero attached hydrogens (tertiary/aromatic N) is 1. The highest BCUT2D eigenvalue weighted by Gasteiger charge is 2.57. The van der Waals surface area contributed by atoms with E-state index < -0.39 is 15.9 Å². The lowest BCUT2D eigenvalue weighted by molar-refractivity contribution is -0.384. The third-order valence-electron chi connectivity index (χ3n) is 6.71. The summed E-state index contributed by atoms with van der Waals surface area (Å²) >= 11 is 0. The van der Waals surface area contributed by atoms with E-state index in [0.29, 0.717) is 19.4 Å². The minimum atomic E-state index is -1.01. The van der Waals surface area contributed by atoms with E-state index in [-0.39, 0.29) is 23.6 Å². The summed E-state index contributed by atoms with van der Waals surface area (Å²) in [5.41, 5.74) is 0.274. The molecular formula is C24H33NO4. The molecule has 0 saturated heterocycles. The number of nitro benzene ring substituents is 1. The molecule has 0 aromatic heterocycles. The monoisotopic (exact) mass is 399 g/mol. The maximum atomic E-state index is 11.9.